The van der Waals surface area contributed by atoms with Gasteiger partial charge in [-0.2, -0.15) is 0 Å². The van der Waals surface area contributed by atoms with E-state index >= 15 is 0 Å². The lowest BCUT2D eigenvalue weighted by Gasteiger charge is -2.11. The maximum absolute atomic E-state index is 12.5. The molecule has 0 aliphatic heterocycles. The first kappa shape index (κ1) is 18.0. The highest BCUT2D eigenvalue weighted by Crippen LogP contribution is 2.38. The van der Waals surface area contributed by atoms with Gasteiger partial charge >= 0.3 is 5.97 Å². The van der Waals surface area contributed by atoms with Gasteiger partial charge in [0.2, 0.25) is 0 Å². The van der Waals surface area contributed by atoms with E-state index < -0.39 is 0 Å². The van der Waals surface area contributed by atoms with Crippen LogP contribution in [0.1, 0.15) is 33.6 Å². The predicted octanol–water partition coefficient (Wildman–Crippen LogP) is 4.53. The molecular formula is C23H21NO4. The van der Waals surface area contributed by atoms with Gasteiger partial charge in [-0.05, 0) is 53.8 Å². The Labute approximate surface area is 163 Å². The minimum Gasteiger partial charge on any atom is -0.493 e. The summed E-state index contributed by atoms with van der Waals surface area (Å²) in [6, 6.07) is 13.5. The van der Waals surface area contributed by atoms with E-state index in [-0.39, 0.29) is 5.97 Å². The molecule has 1 aliphatic carbocycles. The van der Waals surface area contributed by atoms with Crippen molar-refractivity contribution in [2.75, 3.05) is 21.3 Å². The molecule has 2 aromatic carbocycles. The van der Waals surface area contributed by atoms with E-state index in [4.69, 9.17) is 19.2 Å². The highest BCUT2D eigenvalue weighted by molar-refractivity contribution is 6.07. The minimum absolute atomic E-state index is 0.317. The molecule has 0 bridgehead atoms. The molecule has 0 radical (unpaired) electrons. The van der Waals surface area contributed by atoms with Crippen molar-refractivity contribution in [1.29, 1.82) is 0 Å². The van der Waals surface area contributed by atoms with E-state index in [0.717, 1.165) is 46.1 Å². The SMILES string of the molecule is COC(=O)c1c2c(nc3ccccc13)/C(=C/c1ccc(OC)c(OC)c1)CC2. The Balaban J connectivity index is 1.87. The van der Waals surface area contributed by atoms with Gasteiger partial charge in [0, 0.05) is 5.39 Å². The fraction of sp³-hybridized carbons (Fsp3) is 0.217. The van der Waals surface area contributed by atoms with Crippen molar-refractivity contribution in [3.63, 3.8) is 0 Å². The Kier molecular flexibility index (Phi) is 4.74. The Hall–Kier alpha value is -3.34. The molecule has 0 unspecified atom stereocenters. The fourth-order valence-electron chi connectivity index (χ4n) is 3.76. The van der Waals surface area contributed by atoms with E-state index in [1.165, 1.54) is 7.11 Å². The lowest BCUT2D eigenvalue weighted by molar-refractivity contribution is 0.0602. The van der Waals surface area contributed by atoms with Crippen LogP contribution in [-0.2, 0) is 11.2 Å². The number of methoxy groups -OCH3 is 3. The number of hydrogen-bond donors (Lipinski definition) is 0. The smallest absolute Gasteiger partial charge is 0.338 e. The standard InChI is InChI=1S/C23H21NO4/c1-26-19-11-8-14(13-20(19)27-2)12-15-9-10-17-21(23(25)28-3)16-6-4-5-7-18(16)24-22(15)17/h4-8,11-13H,9-10H2,1-3H3/b15-12+. The van der Waals surface area contributed by atoms with Crippen LogP contribution in [0.4, 0.5) is 0 Å². The summed E-state index contributed by atoms with van der Waals surface area (Å²) < 4.78 is 15.8. The third kappa shape index (κ3) is 2.99. The number of para-hydroxylation sites is 1. The van der Waals surface area contributed by atoms with Crippen molar-refractivity contribution in [2.24, 2.45) is 0 Å². The molecule has 5 heteroatoms. The molecule has 1 aromatic heterocycles. The number of pyridine rings is 1. The van der Waals surface area contributed by atoms with Gasteiger partial charge in [-0.3, -0.25) is 0 Å². The lowest BCUT2D eigenvalue weighted by Crippen LogP contribution is -2.08. The molecule has 28 heavy (non-hydrogen) atoms. The van der Waals surface area contributed by atoms with Crippen LogP contribution in [0.15, 0.2) is 42.5 Å². The summed E-state index contributed by atoms with van der Waals surface area (Å²) in [5.74, 6) is 1.05. The minimum atomic E-state index is -0.317. The zero-order valence-corrected chi connectivity index (χ0v) is 16.1. The molecule has 0 spiro atoms. The molecule has 0 N–H and O–H groups in total. The summed E-state index contributed by atoms with van der Waals surface area (Å²) in [6.07, 6.45) is 3.67. The molecule has 0 saturated carbocycles. The first-order valence-electron chi connectivity index (χ1n) is 9.09. The zero-order chi connectivity index (χ0) is 19.7. The van der Waals surface area contributed by atoms with Crippen LogP contribution in [0.5, 0.6) is 11.5 Å². The number of ether oxygens (including phenoxy) is 3. The quantitative estimate of drug-likeness (QED) is 0.627. The Bertz CT molecular complexity index is 1100. The highest BCUT2D eigenvalue weighted by atomic mass is 16.5. The van der Waals surface area contributed by atoms with Crippen LogP contribution in [0.2, 0.25) is 0 Å². The van der Waals surface area contributed by atoms with Gasteiger partial charge in [0.1, 0.15) is 0 Å². The topological polar surface area (TPSA) is 57.7 Å². The second-order valence-electron chi connectivity index (χ2n) is 6.61. The summed E-state index contributed by atoms with van der Waals surface area (Å²) in [5.41, 5.74) is 5.33. The lowest BCUT2D eigenvalue weighted by atomic mass is 10.0. The number of fused-ring (bicyclic) bond motifs is 2. The summed E-state index contributed by atoms with van der Waals surface area (Å²) >= 11 is 0. The predicted molar refractivity (Wildman–Crippen MR) is 109 cm³/mol. The second kappa shape index (κ2) is 7.35. The molecule has 1 aliphatic rings. The van der Waals surface area contributed by atoms with Gasteiger partial charge in [0.05, 0.1) is 38.1 Å². The van der Waals surface area contributed by atoms with Crippen LogP contribution in [0.25, 0.3) is 22.6 Å². The van der Waals surface area contributed by atoms with Gasteiger partial charge in [0.15, 0.2) is 11.5 Å². The third-order valence-corrected chi connectivity index (χ3v) is 5.08. The van der Waals surface area contributed by atoms with Crippen molar-refractivity contribution < 1.29 is 19.0 Å². The zero-order valence-electron chi connectivity index (χ0n) is 16.1. The van der Waals surface area contributed by atoms with Crippen molar-refractivity contribution >= 4 is 28.5 Å². The Morgan fingerprint density at radius 2 is 1.79 bits per heavy atom. The van der Waals surface area contributed by atoms with Gasteiger partial charge in [-0.25, -0.2) is 9.78 Å². The fourth-order valence-corrected chi connectivity index (χ4v) is 3.76. The number of aromatic nitrogens is 1. The highest BCUT2D eigenvalue weighted by Gasteiger charge is 2.27. The number of allylic oxidation sites excluding steroid dienone is 1. The average Bonchev–Trinajstić information content (AvgIpc) is 3.13. The molecule has 0 saturated heterocycles. The largest absolute Gasteiger partial charge is 0.493 e. The third-order valence-electron chi connectivity index (χ3n) is 5.08. The maximum Gasteiger partial charge on any atom is 0.338 e. The summed E-state index contributed by atoms with van der Waals surface area (Å²) in [7, 11) is 4.65. The number of hydrogen-bond acceptors (Lipinski definition) is 5. The van der Waals surface area contributed by atoms with Gasteiger partial charge in [-0.15, -0.1) is 0 Å². The number of benzene rings is 2. The van der Waals surface area contributed by atoms with E-state index in [2.05, 4.69) is 6.08 Å². The second-order valence-corrected chi connectivity index (χ2v) is 6.61. The van der Waals surface area contributed by atoms with Crippen LogP contribution in [0.3, 0.4) is 0 Å². The number of esters is 1. The maximum atomic E-state index is 12.5. The molecule has 3 aromatic rings. The van der Waals surface area contributed by atoms with Gasteiger partial charge in [0.25, 0.3) is 0 Å². The molecular weight excluding hydrogens is 354 g/mol. The first-order valence-corrected chi connectivity index (χ1v) is 9.09. The summed E-state index contributed by atoms with van der Waals surface area (Å²) in [4.78, 5) is 17.4. The van der Waals surface area contributed by atoms with Crippen molar-refractivity contribution in [1.82, 2.24) is 4.98 Å². The van der Waals surface area contributed by atoms with E-state index in [1.807, 2.05) is 42.5 Å². The number of carbonyl (C=O) groups excluding carboxylic acids is 1. The Morgan fingerprint density at radius 1 is 1.00 bits per heavy atom. The molecule has 142 valence electrons. The first-order chi connectivity index (χ1) is 13.7. The summed E-state index contributed by atoms with van der Waals surface area (Å²) in [6.45, 7) is 0. The summed E-state index contributed by atoms with van der Waals surface area (Å²) in [5, 5.41) is 0.834. The number of nitrogens with zero attached hydrogens (tertiary/aromatic N) is 1. The van der Waals surface area contributed by atoms with Gasteiger partial charge in [-0.1, -0.05) is 24.3 Å². The average molecular weight is 375 g/mol. The number of rotatable bonds is 4. The van der Waals surface area contributed by atoms with Crippen LogP contribution in [0, 0.1) is 0 Å². The van der Waals surface area contributed by atoms with Crippen molar-refractivity contribution in [3.05, 3.63) is 64.8 Å². The van der Waals surface area contributed by atoms with Crippen LogP contribution in [-0.4, -0.2) is 32.3 Å². The van der Waals surface area contributed by atoms with Crippen molar-refractivity contribution in [3.8, 4) is 11.5 Å². The monoisotopic (exact) mass is 375 g/mol. The molecule has 0 amide bonds. The molecule has 1 heterocycles. The molecule has 0 fully saturated rings. The van der Waals surface area contributed by atoms with Crippen LogP contribution >= 0.6 is 0 Å². The Morgan fingerprint density at radius 3 is 2.54 bits per heavy atom. The van der Waals surface area contributed by atoms with E-state index in [1.54, 1.807) is 14.2 Å². The number of carbonyl (C=O) groups is 1. The van der Waals surface area contributed by atoms with Crippen molar-refractivity contribution in [2.45, 2.75) is 12.8 Å². The molecule has 4 rings (SSSR count). The molecule has 5 nitrogen and oxygen atoms in total. The van der Waals surface area contributed by atoms with Gasteiger partial charge < -0.3 is 14.2 Å². The normalized spacial score (nSPS) is 14.2. The van der Waals surface area contributed by atoms with E-state index in [9.17, 15) is 4.79 Å². The van der Waals surface area contributed by atoms with Crippen LogP contribution < -0.4 is 9.47 Å². The molecule has 0 atom stereocenters. The van der Waals surface area contributed by atoms with E-state index in [0.29, 0.717) is 17.1 Å².